The third-order valence-corrected chi connectivity index (χ3v) is 2.97. The van der Waals surface area contributed by atoms with E-state index in [1.807, 2.05) is 13.0 Å². The van der Waals surface area contributed by atoms with E-state index in [2.05, 4.69) is 26.8 Å². The van der Waals surface area contributed by atoms with E-state index in [0.717, 1.165) is 10.0 Å². The van der Waals surface area contributed by atoms with Crippen molar-refractivity contribution >= 4 is 27.9 Å². The number of hydrogen-bond acceptors (Lipinski definition) is 3. The molecule has 19 heavy (non-hydrogen) atoms. The maximum absolute atomic E-state index is 11.8. The lowest BCUT2D eigenvalue weighted by Crippen LogP contribution is -2.44. The number of benzene rings is 1. The zero-order chi connectivity index (χ0) is 14.6. The summed E-state index contributed by atoms with van der Waals surface area (Å²) in [7, 11) is 0. The van der Waals surface area contributed by atoms with Gasteiger partial charge in [0.25, 0.3) is 5.91 Å². The van der Waals surface area contributed by atoms with Crippen molar-refractivity contribution in [2.45, 2.75) is 33.3 Å². The summed E-state index contributed by atoms with van der Waals surface area (Å²) in [5.74, 6) is -0.411. The van der Waals surface area contributed by atoms with Crippen LogP contribution in [0.4, 0.5) is 4.79 Å². The molecule has 0 aliphatic carbocycles. The second-order valence-corrected chi connectivity index (χ2v) is 5.90. The number of carbonyl (C=O) groups is 2. The van der Waals surface area contributed by atoms with Crippen LogP contribution in [0.25, 0.3) is 0 Å². The van der Waals surface area contributed by atoms with Crippen LogP contribution in [0.5, 0.6) is 0 Å². The van der Waals surface area contributed by atoms with Crippen LogP contribution < -0.4 is 10.9 Å². The van der Waals surface area contributed by atoms with Crippen molar-refractivity contribution in [3.63, 3.8) is 0 Å². The first-order valence-corrected chi connectivity index (χ1v) is 6.54. The molecule has 0 aromatic heterocycles. The van der Waals surface area contributed by atoms with E-state index in [1.54, 1.807) is 32.9 Å². The van der Waals surface area contributed by atoms with Crippen molar-refractivity contribution in [1.82, 2.24) is 10.9 Å². The molecule has 0 spiro atoms. The second kappa shape index (κ2) is 6.06. The summed E-state index contributed by atoms with van der Waals surface area (Å²) < 4.78 is 5.82. The number of nitrogens with one attached hydrogen (secondary N) is 2. The van der Waals surface area contributed by atoms with Gasteiger partial charge in [-0.3, -0.25) is 10.2 Å². The minimum Gasteiger partial charge on any atom is -0.443 e. The molecule has 1 aromatic rings. The Labute approximate surface area is 120 Å². The van der Waals surface area contributed by atoms with E-state index in [9.17, 15) is 9.59 Å². The summed E-state index contributed by atoms with van der Waals surface area (Å²) in [4.78, 5) is 23.1. The Hall–Kier alpha value is -1.56. The van der Waals surface area contributed by atoms with Crippen LogP contribution in [0.3, 0.4) is 0 Å². The highest BCUT2D eigenvalue weighted by molar-refractivity contribution is 9.10. The monoisotopic (exact) mass is 328 g/mol. The minimum atomic E-state index is -0.702. The van der Waals surface area contributed by atoms with Gasteiger partial charge in [0, 0.05) is 10.0 Å². The molecule has 0 aliphatic heterocycles. The van der Waals surface area contributed by atoms with E-state index in [4.69, 9.17) is 4.74 Å². The van der Waals surface area contributed by atoms with Crippen LogP contribution in [0.2, 0.25) is 0 Å². The number of aryl methyl sites for hydroxylation is 1. The van der Waals surface area contributed by atoms with Crippen molar-refractivity contribution in [2.24, 2.45) is 0 Å². The largest absolute Gasteiger partial charge is 0.443 e. The molecular formula is C13H17BrN2O3. The van der Waals surface area contributed by atoms with Gasteiger partial charge in [-0.2, -0.15) is 0 Å². The molecule has 2 N–H and O–H groups in total. The lowest BCUT2D eigenvalue weighted by Gasteiger charge is -2.19. The van der Waals surface area contributed by atoms with Crippen LogP contribution in [0, 0.1) is 6.92 Å². The fourth-order valence-corrected chi connectivity index (χ4v) is 1.60. The van der Waals surface area contributed by atoms with Crippen molar-refractivity contribution in [3.05, 3.63) is 33.8 Å². The van der Waals surface area contributed by atoms with Gasteiger partial charge in [-0.05, 0) is 45.4 Å². The number of halogens is 1. The Bertz CT molecular complexity index is 495. The molecule has 0 fully saturated rings. The summed E-state index contributed by atoms with van der Waals surface area (Å²) in [5, 5.41) is 0. The molecule has 0 bridgehead atoms. The summed E-state index contributed by atoms with van der Waals surface area (Å²) >= 11 is 3.34. The van der Waals surface area contributed by atoms with E-state index >= 15 is 0 Å². The van der Waals surface area contributed by atoms with E-state index in [-0.39, 0.29) is 0 Å². The molecule has 104 valence electrons. The summed E-state index contributed by atoms with van der Waals surface area (Å²) in [6.07, 6.45) is -0.702. The Balaban J connectivity index is 2.56. The highest BCUT2D eigenvalue weighted by Gasteiger charge is 2.16. The predicted molar refractivity (Wildman–Crippen MR) is 75.7 cm³/mol. The number of carbonyl (C=O) groups excluding carboxylic acids is 2. The predicted octanol–water partition coefficient (Wildman–Crippen LogP) is 2.93. The molecule has 2 amide bonds. The highest BCUT2D eigenvalue weighted by Crippen LogP contribution is 2.17. The third kappa shape index (κ3) is 5.30. The lowest BCUT2D eigenvalue weighted by molar-refractivity contribution is 0.0483. The molecule has 1 rings (SSSR count). The molecule has 5 nitrogen and oxygen atoms in total. The van der Waals surface area contributed by atoms with Gasteiger partial charge in [-0.25, -0.2) is 10.2 Å². The molecule has 0 heterocycles. The average molecular weight is 329 g/mol. The van der Waals surface area contributed by atoms with Gasteiger partial charge >= 0.3 is 6.09 Å². The molecule has 0 unspecified atom stereocenters. The Morgan fingerprint density at radius 1 is 1.21 bits per heavy atom. The number of ether oxygens (including phenoxy) is 1. The number of hydrazine groups is 1. The Kier molecular flexibility index (Phi) is 4.94. The number of rotatable bonds is 1. The zero-order valence-electron chi connectivity index (χ0n) is 11.3. The first-order valence-electron chi connectivity index (χ1n) is 5.74. The summed E-state index contributed by atoms with van der Waals surface area (Å²) in [6.45, 7) is 7.15. The first-order chi connectivity index (χ1) is 8.69. The maximum Gasteiger partial charge on any atom is 0.426 e. The smallest absolute Gasteiger partial charge is 0.426 e. The van der Waals surface area contributed by atoms with Gasteiger partial charge < -0.3 is 4.74 Å². The Morgan fingerprint density at radius 2 is 1.84 bits per heavy atom. The topological polar surface area (TPSA) is 67.4 Å². The van der Waals surface area contributed by atoms with Crippen molar-refractivity contribution in [3.8, 4) is 0 Å². The quantitative estimate of drug-likeness (QED) is 0.779. The van der Waals surface area contributed by atoms with Crippen molar-refractivity contribution in [2.75, 3.05) is 0 Å². The fraction of sp³-hybridized carbons (Fsp3) is 0.385. The van der Waals surface area contributed by atoms with Crippen LogP contribution in [-0.2, 0) is 4.74 Å². The van der Waals surface area contributed by atoms with Crippen molar-refractivity contribution < 1.29 is 14.3 Å². The normalized spacial score (nSPS) is 10.8. The number of amides is 2. The van der Waals surface area contributed by atoms with Crippen LogP contribution in [0.1, 0.15) is 36.7 Å². The zero-order valence-corrected chi connectivity index (χ0v) is 12.9. The first kappa shape index (κ1) is 15.5. The third-order valence-electron chi connectivity index (χ3n) is 2.11. The SMILES string of the molecule is Cc1ccc(C(=O)NNC(=O)OC(C)(C)C)cc1Br. The molecule has 0 saturated heterocycles. The molecule has 6 heteroatoms. The summed E-state index contributed by atoms with van der Waals surface area (Å²) in [6, 6.07) is 5.17. The number of hydrogen-bond donors (Lipinski definition) is 2. The molecule has 0 saturated carbocycles. The van der Waals surface area contributed by atoms with Crippen LogP contribution in [-0.4, -0.2) is 17.6 Å². The van der Waals surface area contributed by atoms with Gasteiger partial charge in [0.05, 0.1) is 0 Å². The van der Waals surface area contributed by atoms with Gasteiger partial charge in [0.1, 0.15) is 5.60 Å². The molecule has 0 radical (unpaired) electrons. The maximum atomic E-state index is 11.8. The van der Waals surface area contributed by atoms with E-state index in [1.165, 1.54) is 0 Å². The average Bonchev–Trinajstić information content (AvgIpc) is 2.27. The van der Waals surface area contributed by atoms with Gasteiger partial charge in [0.15, 0.2) is 0 Å². The van der Waals surface area contributed by atoms with Crippen molar-refractivity contribution in [1.29, 1.82) is 0 Å². The van der Waals surface area contributed by atoms with E-state index < -0.39 is 17.6 Å². The van der Waals surface area contributed by atoms with Crippen LogP contribution in [0.15, 0.2) is 22.7 Å². The van der Waals surface area contributed by atoms with Crippen LogP contribution >= 0.6 is 15.9 Å². The fourth-order valence-electron chi connectivity index (χ4n) is 1.22. The van der Waals surface area contributed by atoms with Gasteiger partial charge in [-0.15, -0.1) is 0 Å². The molecular weight excluding hydrogens is 312 g/mol. The van der Waals surface area contributed by atoms with Gasteiger partial charge in [0.2, 0.25) is 0 Å². The highest BCUT2D eigenvalue weighted by atomic mass is 79.9. The minimum absolute atomic E-state index is 0.411. The Morgan fingerprint density at radius 3 is 2.37 bits per heavy atom. The molecule has 0 aliphatic rings. The summed E-state index contributed by atoms with van der Waals surface area (Å²) in [5.41, 5.74) is 5.33. The lowest BCUT2D eigenvalue weighted by atomic mass is 10.1. The standard InChI is InChI=1S/C13H17BrN2O3/c1-8-5-6-9(7-10(8)14)11(17)15-16-12(18)19-13(2,3)4/h5-7H,1-4H3,(H,15,17)(H,16,18). The molecule has 0 atom stereocenters. The second-order valence-electron chi connectivity index (χ2n) is 5.04. The van der Waals surface area contributed by atoms with Gasteiger partial charge in [-0.1, -0.05) is 22.0 Å². The molecule has 1 aromatic carbocycles. The van der Waals surface area contributed by atoms with E-state index in [0.29, 0.717) is 5.56 Å².